The molecule has 0 radical (unpaired) electrons. The molecule has 0 saturated heterocycles. The fraction of sp³-hybridized carbons (Fsp3) is 1.00. The molecule has 0 aromatic carbocycles. The zero-order valence-electron chi connectivity index (χ0n) is 13.1. The largest absolute Gasteiger partial charge is 1.00 e. The molecule has 0 aliphatic rings. The van der Waals surface area contributed by atoms with Crippen LogP contribution in [0.3, 0.4) is 0 Å². The first-order valence-electron chi connectivity index (χ1n) is 5.48. The van der Waals surface area contributed by atoms with Gasteiger partial charge in [-0.25, -0.2) is 16.8 Å². The molecule has 0 fully saturated rings. The molecule has 0 saturated carbocycles. The molecule has 0 amide bonds. The van der Waals surface area contributed by atoms with Crippen LogP contribution in [0, 0.1) is 0 Å². The summed E-state index contributed by atoms with van der Waals surface area (Å²) in [6.07, 6.45) is 0. The molecular weight excluding hydrogens is 430 g/mol. The van der Waals surface area contributed by atoms with Crippen LogP contribution >= 0.6 is 43.2 Å². The maximum Gasteiger partial charge on any atom is 1.00 e. The molecule has 0 aliphatic carbocycles. The van der Waals surface area contributed by atoms with Crippen molar-refractivity contribution in [3.63, 3.8) is 0 Å². The summed E-state index contributed by atoms with van der Waals surface area (Å²) in [5.41, 5.74) is 0. The van der Waals surface area contributed by atoms with Gasteiger partial charge in [0.2, 0.25) is 0 Å². The van der Waals surface area contributed by atoms with Gasteiger partial charge < -0.3 is 9.11 Å². The summed E-state index contributed by atoms with van der Waals surface area (Å²) in [5, 5.41) is 0. The minimum atomic E-state index is -3.99. The van der Waals surface area contributed by atoms with Crippen LogP contribution in [0.1, 0.15) is 13.8 Å². The van der Waals surface area contributed by atoms with Crippen molar-refractivity contribution in [1.29, 1.82) is 0 Å². The van der Waals surface area contributed by atoms with E-state index in [4.69, 9.17) is 0 Å². The molecular formula is C8H18Na2O6S6. The van der Waals surface area contributed by atoms with E-state index in [0.717, 1.165) is 11.5 Å². The second kappa shape index (κ2) is 20.5. The summed E-state index contributed by atoms with van der Waals surface area (Å²) in [6.45, 7) is 3.95. The van der Waals surface area contributed by atoms with Gasteiger partial charge in [0.1, 0.15) is 0 Å². The van der Waals surface area contributed by atoms with Crippen LogP contribution in [-0.4, -0.2) is 60.5 Å². The van der Waals surface area contributed by atoms with E-state index >= 15 is 0 Å². The Morgan fingerprint density at radius 3 is 1.14 bits per heavy atom. The van der Waals surface area contributed by atoms with Crippen molar-refractivity contribution in [2.24, 2.45) is 0 Å². The molecule has 0 unspecified atom stereocenters. The molecule has 0 aromatic rings. The fourth-order valence-electron chi connectivity index (χ4n) is 0.557. The standard InChI is InChI=1S/2C4H10O3S3.2Na/c2*1-2-8-9-3-4-10(5,6)7;;/h2*2-4H2,1H3,(H,5,6,7);;/q;;2*+1/p-2. The molecule has 0 heterocycles. The molecule has 22 heavy (non-hydrogen) atoms. The zero-order chi connectivity index (χ0) is 16.1. The predicted octanol–water partition coefficient (Wildman–Crippen LogP) is -4.13. The third kappa shape index (κ3) is 38.7. The topological polar surface area (TPSA) is 114 Å². The van der Waals surface area contributed by atoms with Crippen molar-refractivity contribution >= 4 is 63.4 Å². The van der Waals surface area contributed by atoms with Crippen molar-refractivity contribution < 1.29 is 85.1 Å². The zero-order valence-corrected chi connectivity index (χ0v) is 22.0. The van der Waals surface area contributed by atoms with Gasteiger partial charge in [-0.1, -0.05) is 57.0 Å². The minimum Gasteiger partial charge on any atom is -0.748 e. The van der Waals surface area contributed by atoms with Gasteiger partial charge in [0, 0.05) is 34.5 Å². The van der Waals surface area contributed by atoms with Gasteiger partial charge in [-0.3, -0.25) is 0 Å². The van der Waals surface area contributed by atoms with Crippen molar-refractivity contribution in [2.75, 3.05) is 34.5 Å². The Balaban J connectivity index is -0.000000135. The van der Waals surface area contributed by atoms with Gasteiger partial charge >= 0.3 is 59.1 Å². The Kier molecular flexibility index (Phi) is 30.7. The maximum atomic E-state index is 10.0. The summed E-state index contributed by atoms with van der Waals surface area (Å²) in [5.74, 6) is 2.14. The summed E-state index contributed by atoms with van der Waals surface area (Å²) < 4.78 is 60.1. The Hall–Kier alpha value is 3.22. The molecule has 0 rings (SSSR count). The van der Waals surface area contributed by atoms with Crippen LogP contribution in [-0.2, 0) is 20.2 Å². The molecule has 0 spiro atoms. The molecule has 0 aromatic heterocycles. The van der Waals surface area contributed by atoms with Gasteiger partial charge in [0.05, 0.1) is 20.2 Å². The van der Waals surface area contributed by atoms with Crippen LogP contribution < -0.4 is 59.1 Å². The van der Waals surface area contributed by atoms with E-state index in [1.807, 2.05) is 13.8 Å². The second-order valence-corrected chi connectivity index (χ2v) is 11.8. The first-order chi connectivity index (χ1) is 9.12. The van der Waals surface area contributed by atoms with E-state index in [1.54, 1.807) is 21.6 Å². The quantitative estimate of drug-likeness (QED) is 0.141. The normalized spacial score (nSPS) is 10.7. The summed E-state index contributed by atoms with van der Waals surface area (Å²) >= 11 is 0. The second-order valence-electron chi connectivity index (χ2n) is 2.98. The van der Waals surface area contributed by atoms with E-state index in [1.165, 1.54) is 21.6 Å². The van der Waals surface area contributed by atoms with Crippen molar-refractivity contribution in [3.05, 3.63) is 0 Å². The monoisotopic (exact) mass is 448 g/mol. The van der Waals surface area contributed by atoms with Crippen LogP contribution in [0.2, 0.25) is 0 Å². The first kappa shape index (κ1) is 32.9. The van der Waals surface area contributed by atoms with Gasteiger partial charge in [-0.05, 0) is 0 Å². The van der Waals surface area contributed by atoms with Crippen LogP contribution in [0.4, 0.5) is 0 Å². The molecule has 0 aliphatic heterocycles. The maximum absolute atomic E-state index is 10.0. The Labute approximate surface area is 194 Å². The van der Waals surface area contributed by atoms with E-state index in [-0.39, 0.29) is 70.6 Å². The molecule has 0 bridgehead atoms. The van der Waals surface area contributed by atoms with E-state index < -0.39 is 20.2 Å². The van der Waals surface area contributed by atoms with Crippen LogP contribution in [0.25, 0.3) is 0 Å². The smallest absolute Gasteiger partial charge is 0.748 e. The predicted molar refractivity (Wildman–Crippen MR) is 90.3 cm³/mol. The van der Waals surface area contributed by atoms with E-state index in [2.05, 4.69) is 0 Å². The molecule has 0 N–H and O–H groups in total. The summed E-state index contributed by atoms with van der Waals surface area (Å²) in [7, 11) is -2.02. The van der Waals surface area contributed by atoms with Crippen LogP contribution in [0.5, 0.6) is 0 Å². The van der Waals surface area contributed by atoms with Gasteiger partial charge in [-0.2, -0.15) is 0 Å². The summed E-state index contributed by atoms with van der Waals surface area (Å²) in [6, 6.07) is 0. The average Bonchev–Trinajstić information content (AvgIpc) is 2.29. The number of hydrogen-bond acceptors (Lipinski definition) is 10. The average molecular weight is 449 g/mol. The number of rotatable bonds is 10. The van der Waals surface area contributed by atoms with E-state index in [0.29, 0.717) is 11.5 Å². The molecule has 124 valence electrons. The third-order valence-electron chi connectivity index (χ3n) is 1.24. The molecule has 6 nitrogen and oxygen atoms in total. The minimum absolute atomic E-state index is 0. The Bertz CT molecular complexity index is 375. The Morgan fingerprint density at radius 1 is 0.682 bits per heavy atom. The SMILES string of the molecule is CCSSCCS(=O)(=O)[O-].CCSSCCS(=O)(=O)[O-].[Na+].[Na+]. The summed E-state index contributed by atoms with van der Waals surface area (Å²) in [4.78, 5) is 0. The molecule has 0 atom stereocenters. The van der Waals surface area contributed by atoms with Crippen molar-refractivity contribution in [3.8, 4) is 0 Å². The van der Waals surface area contributed by atoms with Gasteiger partial charge in [0.25, 0.3) is 0 Å². The van der Waals surface area contributed by atoms with Crippen molar-refractivity contribution in [1.82, 2.24) is 0 Å². The first-order valence-corrected chi connectivity index (χ1v) is 13.6. The van der Waals surface area contributed by atoms with Crippen molar-refractivity contribution in [2.45, 2.75) is 13.8 Å². The van der Waals surface area contributed by atoms with Crippen LogP contribution in [0.15, 0.2) is 0 Å². The fourth-order valence-corrected chi connectivity index (χ4v) is 6.23. The van der Waals surface area contributed by atoms with E-state index in [9.17, 15) is 25.9 Å². The molecule has 14 heteroatoms. The van der Waals surface area contributed by atoms with Gasteiger partial charge in [0.15, 0.2) is 0 Å². The Morgan fingerprint density at radius 2 is 0.955 bits per heavy atom. The van der Waals surface area contributed by atoms with Gasteiger partial charge in [-0.15, -0.1) is 0 Å². The third-order valence-corrected chi connectivity index (χ3v) is 8.12. The number of hydrogen-bond donors (Lipinski definition) is 0.